The van der Waals surface area contributed by atoms with Gasteiger partial charge in [0, 0.05) is 303 Å². The molecule has 12 unspecified atom stereocenters. The van der Waals surface area contributed by atoms with Gasteiger partial charge in [-0.2, -0.15) is 19.9 Å². The number of amides is 2. The molecule has 40 nitrogen and oxygen atoms in total. The Morgan fingerprint density at radius 2 is 0.910 bits per heavy atom. The highest BCUT2D eigenvalue weighted by atomic mass is 32.2. The molecule has 144 heavy (non-hydrogen) atoms. The number of aliphatic hydroxyl groups is 3. The van der Waals surface area contributed by atoms with Gasteiger partial charge < -0.3 is 101 Å². The molecule has 6 aliphatic rings. The van der Waals surface area contributed by atoms with Crippen molar-refractivity contribution in [2.45, 2.75) is 179 Å². The van der Waals surface area contributed by atoms with Gasteiger partial charge in [0.25, 0.3) is 5.16 Å². The van der Waals surface area contributed by atoms with Crippen molar-refractivity contribution in [1.82, 2.24) is 80.1 Å². The Labute approximate surface area is 1040 Å². The summed E-state index contributed by atoms with van der Waals surface area (Å²) in [5.74, 6) is 2.46. The van der Waals surface area contributed by atoms with Crippen LogP contribution in [0.3, 0.4) is 0 Å². The summed E-state index contributed by atoms with van der Waals surface area (Å²) in [7, 11) is -1.11. The van der Waals surface area contributed by atoms with E-state index in [1.807, 2.05) is 0 Å². The second-order valence-corrected chi connectivity index (χ2v) is 43.8. The molecular formula is C99H261F3N24O16S2. The van der Waals surface area contributed by atoms with Gasteiger partial charge in [0.1, 0.15) is 87.0 Å². The zero-order valence-electron chi connectivity index (χ0n) is 222. The number of hydrogen-bond donors (Lipinski definition) is 12. The van der Waals surface area contributed by atoms with Crippen molar-refractivity contribution in [3.05, 3.63) is 168 Å². The zero-order chi connectivity index (χ0) is 243. The number of benzene rings is 5. The molecule has 3 aliphatic carbocycles. The maximum Gasteiger partial charge on any atom is 0.414 e. The number of rotatable bonds is 20. The van der Waals surface area contributed by atoms with Gasteiger partial charge in [0.05, 0.1) is 113 Å². The van der Waals surface area contributed by atoms with Gasteiger partial charge in [0.15, 0.2) is 39.7 Å². The Morgan fingerprint density at radius 3 is 1.28 bits per heavy atom. The first-order valence-corrected chi connectivity index (χ1v) is 49.7. The van der Waals surface area contributed by atoms with Gasteiger partial charge in [-0.3, -0.25) is 9.80 Å². The van der Waals surface area contributed by atoms with E-state index in [-0.39, 0.29) is 93.1 Å². The summed E-state index contributed by atoms with van der Waals surface area (Å²) in [6.07, 6.45) is 7.69. The van der Waals surface area contributed by atoms with Crippen molar-refractivity contribution in [3.8, 4) is 40.8 Å². The molecule has 3 aliphatic heterocycles. The van der Waals surface area contributed by atoms with Crippen LogP contribution < -0.4 is 66.4 Å². The molecule has 14 aromatic rings. The van der Waals surface area contributed by atoms with Crippen LogP contribution in [0.5, 0.6) is 40.8 Å². The highest BCUT2D eigenvalue weighted by molar-refractivity contribution is 7.91. The number of aromatic hydroxyl groups is 1. The molecule has 15 N–H and O–H groups in total. The molecule has 0 bridgehead atoms. The van der Waals surface area contributed by atoms with Crippen LogP contribution in [0.25, 0.3) is 65.8 Å². The third kappa shape index (κ3) is 21.9. The van der Waals surface area contributed by atoms with E-state index in [4.69, 9.17) is 274 Å². The van der Waals surface area contributed by atoms with Crippen LogP contribution in [0.15, 0.2) is 132 Å². The van der Waals surface area contributed by atoms with Crippen molar-refractivity contribution >= 4 is 126 Å². The number of fused-ring (bicyclic) bond motifs is 12. The van der Waals surface area contributed by atoms with E-state index < -0.39 is 94.7 Å². The van der Waals surface area contributed by atoms with Gasteiger partial charge in [0.2, 0.25) is 19.7 Å². The fraction of sp³-hybridized carbons (Fsp3) is 0.434. The minimum atomic E-state index is -4.39. The molecule has 6 fully saturated rings. The Bertz CT molecular complexity index is 7660. The fourth-order valence-electron chi connectivity index (χ4n) is 19.4. The van der Waals surface area contributed by atoms with E-state index in [9.17, 15) is 41.0 Å². The normalized spacial score (nSPS) is 24.9. The van der Waals surface area contributed by atoms with Crippen LogP contribution in [0, 0.1) is 51.5 Å². The number of nitrogens with one attached hydrogen (secondary N) is 5. The SMILES string of the molecule is C.CC(O)c1ncc(O)cn1.CC(O)c1ncc(Oc2nc(N3CC4C(N)CC4(C)C3)c3c(n2)[nH]c2c(N(C)C(=O)OC(C)(C)C)cc(F)cc23)cn1.CC12CNCC1C(N)C2.CNc1cc(F)cc2c1[nH]c1nc(Oc3cnc(C(C)O)nc3)nc(N3CC4C(N)CC4(C)C3)c12.COc1ccc(CS(=O)(=O)c2nc(S(=O)(=O)Cc3ccc(OC)cc3)c3c(n2)[nH]c2c(N(C)C(=O)OC(C)(C)C)cc(F)cc23)cc1.[2H][2H].[2H][2H].[2H][2H].[2H][2H].[2H][2H].[2H][2H].[2H][2H].[2H][2H].[2H][2H].[2H][2H].[2H][2H].[2H][2H].[2H][2H].[2H][2H].[2H][2H].[2H][2H].[2H][2H].[2H][2H].[2H][2H].[2H][2H].[2H][2H].[2H][2H].[2H][2H].[2H][2H].[2H][2H].[2H][2H].[2H][2H].[2H][2H].[2H][2H].[2H][2H].[2H][2H].[2H][2H].[2H][2H].[2H][2H].[2H][2H].[2H][2H].[2H][2H].[2H][2H].[2H][2H].[2H][2H].[2H][2H].[2H][2H].[2H][2H].[2H][2H].[2H][2H].[2H][2H].[2H][2H].[2H][2H].[2H][2H].[2H][2H].[2H][2H].[2H][2H].[2H][2H].[2H][2H].[2H][2H].[2H][2H].[2H][2H].[2H][2H].[2H][2H].[2H][2H].[2H][2H].[2H][2H].[2H][2H].[2H][2H].[2H][2H].[2H][2H].[2H][2H].[2H][2H].[2H][2H].[2H][2H]. The molecule has 20 rings (SSSR count). The van der Waals surface area contributed by atoms with Crippen molar-refractivity contribution in [2.75, 3.05) is 99.5 Å². The second kappa shape index (κ2) is 40.5. The minimum Gasteiger partial charge on any atom is -0.505 e. The molecule has 5 aromatic carbocycles. The quantitative estimate of drug-likeness (QED) is 0.0249. The van der Waals surface area contributed by atoms with Gasteiger partial charge >= 0.3 is 24.2 Å². The number of nitrogens with zero attached hydrogens (tertiary/aromatic N) is 16. The van der Waals surface area contributed by atoms with Crippen LogP contribution >= 0.6 is 0 Å². The molecule has 3 saturated carbocycles. The standard InChI is InChI=1S/C32H33FN4O8S2.C29H35FN8O4.C24H27FN8O2.C7H14N2.C6H8N2O2.CH4.70H2/c1-32(2,3)45-31(38)37(4)25-16-21(33)15-24-26-28(34-27(24)25)35-30(47(41,42)18-20-9-13-23(44-6)14-10-20)36-29(26)46(39,40)17-19-7-11-22(43-5)12-8-19;1-14(39)23-32-10-16(11-33-23)41-26-35-24-21(25(36-26)38-12-18-19(31)9-29(18,5)13-38)17-7-15(30)8-20(22(17)34-24)37(6)27(40)42-28(2,3)4;1-11(34)20-28-7-13(8-29-20)35-23-31-21-18(14-4-12(25)5-17(27-3)19(14)30-21)22(32-23)33-9-15-16(26)6-24(15,2)10-33;1-7-2-6(8)5(7)3-9-4-7;1-4(9)6-7-2-5(10)3-8-6;;;;;;;;;;;;;;;;;;;;;;;;;;;;;;;;;;;;;;;;;;;;;;;;;;;;;;;;;;;;;;;;;;;;;;;/h7-16H,17-18H2,1-6H3,(H,34,35,36);7-8,10-11,14,18-19,39H,9,12-13,31H2,1-6H3,(H,34,35,36);4-5,7-8,11,15-16,27,34H,6,9-10,26H2,1-3H3,(H,30,31,32);5-6,9H,2-4,8H2,1H3;2-4,9-10H,1H3;1H4;70*1H/i;;;;;;70*1+1D. The van der Waals surface area contributed by atoms with Gasteiger partial charge in [-0.25, -0.2) is 79.5 Å². The lowest BCUT2D eigenvalue weighted by atomic mass is 9.60. The number of carbonyl (C=O) groups is 2. The largest absolute Gasteiger partial charge is 0.505 e. The van der Waals surface area contributed by atoms with Crippen LogP contribution in [0.4, 0.5) is 51.5 Å². The summed E-state index contributed by atoms with van der Waals surface area (Å²) in [4.78, 5) is 93.1. The number of nitrogens with two attached hydrogens (primary N) is 3. The number of carbonyl (C=O) groups excluding carboxylic acids is 2. The molecule has 3 saturated heterocycles. The summed E-state index contributed by atoms with van der Waals surface area (Å²) >= 11 is 0. The highest BCUT2D eigenvalue weighted by Crippen LogP contribution is 2.55. The van der Waals surface area contributed by atoms with E-state index in [2.05, 4.69) is 106 Å². The lowest BCUT2D eigenvalue weighted by Gasteiger charge is -2.46. The Morgan fingerprint density at radius 1 is 0.535 bits per heavy atom. The van der Waals surface area contributed by atoms with Crippen LogP contribution in [0.2, 0.25) is 0 Å². The molecule has 0 spiro atoms. The lowest BCUT2D eigenvalue weighted by Crippen LogP contribution is -2.53. The van der Waals surface area contributed by atoms with Crippen molar-refractivity contribution in [3.63, 3.8) is 0 Å². The minimum absolute atomic E-state index is 0. The number of H-pyrrole nitrogens is 3. The monoisotopic (exact) mass is 2300 g/mol. The average Bonchev–Trinajstić information content (AvgIpc) is 1.57. The number of hydrogen-bond acceptors (Lipinski definition) is 35. The first kappa shape index (κ1) is 47.5. The van der Waals surface area contributed by atoms with E-state index in [0.717, 1.165) is 72.9 Å². The number of aromatic amines is 3. The number of ether oxygens (including phenoxy) is 6. The van der Waals surface area contributed by atoms with Crippen LogP contribution in [-0.4, -0.2) is 228 Å². The summed E-state index contributed by atoms with van der Waals surface area (Å²) in [5, 5.41) is 44.6. The van der Waals surface area contributed by atoms with Crippen molar-refractivity contribution in [1.29, 1.82) is 0 Å². The van der Waals surface area contributed by atoms with Crippen LogP contribution in [-0.2, 0) is 40.7 Å². The fourth-order valence-corrected chi connectivity index (χ4v) is 22.2. The number of sulfone groups is 2. The molecule has 906 valence electrons. The Kier molecular flexibility index (Phi) is 13.3. The van der Waals surface area contributed by atoms with E-state index >= 15 is 8.78 Å². The molecular weight excluding hydrogens is 1900 g/mol. The van der Waals surface area contributed by atoms with E-state index in [0.29, 0.717) is 126 Å². The first-order valence-electron chi connectivity index (χ1n) is 116. The molecule has 12 heterocycles. The number of aromatic nitrogens is 15. The summed E-state index contributed by atoms with van der Waals surface area (Å²) < 4.78 is 833. The Balaban J connectivity index is -0.0000000376. The number of methoxy groups -OCH3 is 2. The Hall–Kier alpha value is -13.7. The average molecular weight is 2310 g/mol. The topological polar surface area (TPSA) is 556 Å². The summed E-state index contributed by atoms with van der Waals surface area (Å²) in [5.41, 5.74) is 21.4. The van der Waals surface area contributed by atoms with E-state index in [1.165, 1.54) is 108 Å². The van der Waals surface area contributed by atoms with Crippen molar-refractivity contribution < 1.29 is 296 Å². The third-order valence-electron chi connectivity index (χ3n) is 26.6. The predicted molar refractivity (Wildman–Crippen MR) is 685 cm³/mol. The number of aliphatic hydroxyl groups excluding tert-OH is 3. The smallest absolute Gasteiger partial charge is 0.414 e. The zero-order valence-corrected chi connectivity index (χ0v) is 83.7. The third-order valence-corrected chi connectivity index (χ3v) is 29.6. The number of anilines is 5. The maximum absolute atomic E-state index is 15.2. The molecule has 0 radical (unpaired) electrons. The molecule has 12 atom stereocenters. The van der Waals surface area contributed by atoms with Crippen molar-refractivity contribution in [2.24, 2.45) is 51.2 Å². The maximum atomic E-state index is 15.2. The highest BCUT2D eigenvalue weighted by Gasteiger charge is 2.57. The van der Waals surface area contributed by atoms with Gasteiger partial charge in [-0.15, -0.1) is 0 Å². The summed E-state index contributed by atoms with van der Waals surface area (Å²) in [6, 6.07) is 21.3. The van der Waals surface area contributed by atoms with E-state index in [1.54, 1.807) is 118 Å². The van der Waals surface area contributed by atoms with Gasteiger partial charge in [-0.1, -0.05) is 52.5 Å². The second-order valence-electron chi connectivity index (χ2n) is 40.0. The van der Waals surface area contributed by atoms with Gasteiger partial charge in [-0.05, 0) is 187 Å². The summed E-state index contributed by atoms with van der Waals surface area (Å²) in [6.45, 7) is 27.2. The van der Waals surface area contributed by atoms with Crippen LogP contribution in [0.1, 0.15) is 365 Å². The lowest BCUT2D eigenvalue weighted by molar-refractivity contribution is 0.0579. The first-order chi connectivity index (χ1) is 137. The number of halogens is 3. The molecule has 9 aromatic heterocycles. The molecule has 45 heteroatoms. The molecule has 2 amide bonds. The predicted octanol–water partition coefficient (Wildman–Crippen LogP) is 31.2.